The molecule has 3 nitrogen and oxygen atoms in total. The lowest BCUT2D eigenvalue weighted by molar-refractivity contribution is 0.0799. The van der Waals surface area contributed by atoms with E-state index >= 15 is 0 Å². The van der Waals surface area contributed by atoms with Crippen molar-refractivity contribution in [2.75, 3.05) is 20.1 Å². The highest BCUT2D eigenvalue weighted by atomic mass is 127. The molecular formula is C10H13IN2O. The van der Waals surface area contributed by atoms with Gasteiger partial charge in [0.1, 0.15) is 0 Å². The average Bonchev–Trinajstić information content (AvgIpc) is 2.17. The normalized spacial score (nSPS) is 9.93. The Hall–Kier alpha value is -0.620. The van der Waals surface area contributed by atoms with Crippen molar-refractivity contribution < 1.29 is 4.79 Å². The van der Waals surface area contributed by atoms with Gasteiger partial charge in [0.2, 0.25) is 0 Å². The molecule has 0 bridgehead atoms. The Morgan fingerprint density at radius 3 is 2.86 bits per heavy atom. The molecule has 4 heteroatoms. The maximum Gasteiger partial charge on any atom is 0.253 e. The highest BCUT2D eigenvalue weighted by Crippen LogP contribution is 2.09. The Kier molecular flexibility index (Phi) is 4.34. The molecule has 0 saturated heterocycles. The molecule has 14 heavy (non-hydrogen) atoms. The summed E-state index contributed by atoms with van der Waals surface area (Å²) in [5.74, 6) is 0.0222. The number of likely N-dealkylation sites (N-methyl/N-ethyl adjacent to an activating group) is 1. The van der Waals surface area contributed by atoms with E-state index in [-0.39, 0.29) is 5.91 Å². The number of halogens is 1. The van der Waals surface area contributed by atoms with Gasteiger partial charge in [-0.25, -0.2) is 0 Å². The summed E-state index contributed by atoms with van der Waals surface area (Å²) in [7, 11) is 1.76. The lowest BCUT2D eigenvalue weighted by atomic mass is 10.2. The number of hydrogen-bond donors (Lipinski definition) is 1. The molecule has 76 valence electrons. The van der Waals surface area contributed by atoms with E-state index in [2.05, 4.69) is 22.6 Å². The molecule has 0 spiro atoms. The molecule has 0 atom stereocenters. The summed E-state index contributed by atoms with van der Waals surface area (Å²) in [5, 5.41) is 0. The van der Waals surface area contributed by atoms with Crippen LogP contribution in [-0.2, 0) is 0 Å². The van der Waals surface area contributed by atoms with Gasteiger partial charge in [0.05, 0.1) is 0 Å². The Bertz CT molecular complexity index is 328. The van der Waals surface area contributed by atoms with Crippen molar-refractivity contribution in [1.29, 1.82) is 0 Å². The molecule has 1 rings (SSSR count). The van der Waals surface area contributed by atoms with E-state index in [0.717, 1.165) is 3.57 Å². The predicted octanol–water partition coefficient (Wildman–Crippen LogP) is 1.32. The lowest BCUT2D eigenvalue weighted by Gasteiger charge is -2.15. The van der Waals surface area contributed by atoms with Crippen LogP contribution < -0.4 is 5.73 Å². The Balaban J connectivity index is 2.78. The minimum absolute atomic E-state index is 0.0222. The molecule has 1 aromatic rings. The van der Waals surface area contributed by atoms with Crippen LogP contribution in [0.2, 0.25) is 0 Å². The van der Waals surface area contributed by atoms with E-state index in [1.54, 1.807) is 11.9 Å². The minimum atomic E-state index is 0.0222. The van der Waals surface area contributed by atoms with Gasteiger partial charge >= 0.3 is 0 Å². The van der Waals surface area contributed by atoms with Gasteiger partial charge in [-0.15, -0.1) is 0 Å². The van der Waals surface area contributed by atoms with Crippen molar-refractivity contribution >= 4 is 28.5 Å². The van der Waals surface area contributed by atoms with Crippen LogP contribution in [0.1, 0.15) is 10.4 Å². The Morgan fingerprint density at radius 1 is 1.57 bits per heavy atom. The fraction of sp³-hybridized carbons (Fsp3) is 0.300. The zero-order chi connectivity index (χ0) is 10.6. The number of amides is 1. The fourth-order valence-electron chi connectivity index (χ4n) is 1.14. The number of carbonyl (C=O) groups is 1. The van der Waals surface area contributed by atoms with E-state index in [9.17, 15) is 4.79 Å². The van der Waals surface area contributed by atoms with Crippen LogP contribution in [-0.4, -0.2) is 30.9 Å². The molecule has 0 saturated carbocycles. The standard InChI is InChI=1S/C10H13IN2O/c1-13(6-5-12)10(14)8-3-2-4-9(11)7-8/h2-4,7H,5-6,12H2,1H3. The largest absolute Gasteiger partial charge is 0.340 e. The Labute approximate surface area is 97.4 Å². The maximum atomic E-state index is 11.8. The van der Waals surface area contributed by atoms with Crippen LogP contribution in [0.25, 0.3) is 0 Å². The van der Waals surface area contributed by atoms with E-state index in [1.807, 2.05) is 24.3 Å². The molecule has 0 unspecified atom stereocenters. The summed E-state index contributed by atoms with van der Waals surface area (Å²) in [6, 6.07) is 7.53. The van der Waals surface area contributed by atoms with Crippen LogP contribution in [0.4, 0.5) is 0 Å². The van der Waals surface area contributed by atoms with Crippen LogP contribution >= 0.6 is 22.6 Å². The molecule has 0 fully saturated rings. The van der Waals surface area contributed by atoms with Gasteiger partial charge in [-0.2, -0.15) is 0 Å². The molecular weight excluding hydrogens is 291 g/mol. The van der Waals surface area contributed by atoms with Crippen molar-refractivity contribution in [3.8, 4) is 0 Å². The zero-order valence-electron chi connectivity index (χ0n) is 8.03. The van der Waals surface area contributed by atoms with Gasteiger partial charge in [-0.05, 0) is 40.8 Å². The van der Waals surface area contributed by atoms with Gasteiger partial charge in [-0.3, -0.25) is 4.79 Å². The molecule has 2 N–H and O–H groups in total. The second-order valence-corrected chi connectivity index (χ2v) is 4.27. The molecule has 0 radical (unpaired) electrons. The first-order valence-corrected chi connectivity index (χ1v) is 5.44. The van der Waals surface area contributed by atoms with Crippen molar-refractivity contribution in [3.63, 3.8) is 0 Å². The lowest BCUT2D eigenvalue weighted by Crippen LogP contribution is -2.31. The smallest absolute Gasteiger partial charge is 0.253 e. The minimum Gasteiger partial charge on any atom is -0.340 e. The number of hydrogen-bond acceptors (Lipinski definition) is 2. The van der Waals surface area contributed by atoms with E-state index < -0.39 is 0 Å². The highest BCUT2D eigenvalue weighted by Gasteiger charge is 2.10. The second-order valence-electron chi connectivity index (χ2n) is 3.03. The topological polar surface area (TPSA) is 46.3 Å². The summed E-state index contributed by atoms with van der Waals surface area (Å²) in [6.45, 7) is 1.08. The van der Waals surface area contributed by atoms with E-state index in [4.69, 9.17) is 5.73 Å². The van der Waals surface area contributed by atoms with E-state index in [1.165, 1.54) is 0 Å². The van der Waals surface area contributed by atoms with Gasteiger partial charge in [0.25, 0.3) is 5.91 Å². The van der Waals surface area contributed by atoms with Crippen molar-refractivity contribution in [3.05, 3.63) is 33.4 Å². The predicted molar refractivity (Wildman–Crippen MR) is 65.2 cm³/mol. The van der Waals surface area contributed by atoms with Gasteiger partial charge in [0, 0.05) is 29.3 Å². The zero-order valence-corrected chi connectivity index (χ0v) is 10.2. The number of nitrogens with two attached hydrogens (primary N) is 1. The number of rotatable bonds is 3. The third kappa shape index (κ3) is 2.95. The molecule has 0 aliphatic rings. The molecule has 0 aromatic heterocycles. The van der Waals surface area contributed by atoms with Crippen molar-refractivity contribution in [1.82, 2.24) is 4.90 Å². The molecule has 0 aliphatic carbocycles. The van der Waals surface area contributed by atoms with Gasteiger partial charge < -0.3 is 10.6 Å². The first-order chi connectivity index (χ1) is 6.65. The monoisotopic (exact) mass is 304 g/mol. The van der Waals surface area contributed by atoms with E-state index in [0.29, 0.717) is 18.7 Å². The van der Waals surface area contributed by atoms with Crippen LogP contribution in [0.5, 0.6) is 0 Å². The van der Waals surface area contributed by atoms with Crippen LogP contribution in [0, 0.1) is 3.57 Å². The maximum absolute atomic E-state index is 11.8. The summed E-state index contributed by atoms with van der Waals surface area (Å²) in [6.07, 6.45) is 0. The third-order valence-corrected chi connectivity index (χ3v) is 2.55. The summed E-state index contributed by atoms with van der Waals surface area (Å²) < 4.78 is 1.06. The van der Waals surface area contributed by atoms with Crippen LogP contribution in [0.3, 0.4) is 0 Å². The second kappa shape index (κ2) is 5.31. The highest BCUT2D eigenvalue weighted by molar-refractivity contribution is 14.1. The molecule has 0 aliphatic heterocycles. The van der Waals surface area contributed by atoms with Gasteiger partial charge in [-0.1, -0.05) is 6.07 Å². The third-order valence-electron chi connectivity index (χ3n) is 1.88. The first-order valence-electron chi connectivity index (χ1n) is 4.36. The molecule has 1 amide bonds. The summed E-state index contributed by atoms with van der Waals surface area (Å²) in [5.41, 5.74) is 6.10. The van der Waals surface area contributed by atoms with Crippen molar-refractivity contribution in [2.24, 2.45) is 5.73 Å². The first kappa shape index (κ1) is 11.5. The molecule has 0 heterocycles. The number of carbonyl (C=O) groups excluding carboxylic acids is 1. The average molecular weight is 304 g/mol. The fourth-order valence-corrected chi connectivity index (χ4v) is 1.68. The number of benzene rings is 1. The SMILES string of the molecule is CN(CCN)C(=O)c1cccc(I)c1. The quantitative estimate of drug-likeness (QED) is 0.856. The summed E-state index contributed by atoms with van der Waals surface area (Å²) >= 11 is 2.19. The Morgan fingerprint density at radius 2 is 2.29 bits per heavy atom. The summed E-state index contributed by atoms with van der Waals surface area (Å²) in [4.78, 5) is 13.4. The van der Waals surface area contributed by atoms with Crippen LogP contribution in [0.15, 0.2) is 24.3 Å². The number of nitrogens with zero attached hydrogens (tertiary/aromatic N) is 1. The van der Waals surface area contributed by atoms with Crippen molar-refractivity contribution in [2.45, 2.75) is 0 Å². The molecule has 1 aromatic carbocycles. The van der Waals surface area contributed by atoms with Gasteiger partial charge in [0.15, 0.2) is 0 Å².